The number of benzene rings is 2. The number of aliphatic carboxylic acids is 1. The molecule has 0 aromatic heterocycles. The second-order valence-corrected chi connectivity index (χ2v) is 10.4. The van der Waals surface area contributed by atoms with Crippen molar-refractivity contribution in [1.82, 2.24) is 10.2 Å². The van der Waals surface area contributed by atoms with Gasteiger partial charge in [0.2, 0.25) is 5.91 Å². The predicted molar refractivity (Wildman–Crippen MR) is 131 cm³/mol. The maximum absolute atomic E-state index is 13.5. The molecule has 35 heavy (non-hydrogen) atoms. The van der Waals surface area contributed by atoms with Crippen molar-refractivity contribution in [1.29, 1.82) is 0 Å². The number of piperidine rings is 1. The highest BCUT2D eigenvalue weighted by Gasteiger charge is 2.67. The number of alkyl carbamates (subject to hydrolysis) is 1. The third-order valence-corrected chi connectivity index (χ3v) is 7.77. The van der Waals surface area contributed by atoms with Crippen molar-refractivity contribution >= 4 is 18.0 Å². The molecule has 2 N–H and O–H groups in total. The lowest BCUT2D eigenvalue weighted by molar-refractivity contribution is -0.155. The molecule has 2 amide bonds. The molecule has 2 fully saturated rings. The highest BCUT2D eigenvalue weighted by atomic mass is 16.5. The van der Waals surface area contributed by atoms with Gasteiger partial charge in [0.05, 0.1) is 0 Å². The summed E-state index contributed by atoms with van der Waals surface area (Å²) in [5.41, 5.74) is 3.43. The van der Waals surface area contributed by atoms with Gasteiger partial charge in [-0.15, -0.1) is 0 Å². The van der Waals surface area contributed by atoms with E-state index in [1.807, 2.05) is 38.1 Å². The molecule has 0 radical (unpaired) electrons. The third kappa shape index (κ3) is 4.07. The first-order valence-corrected chi connectivity index (χ1v) is 12.5. The molecule has 7 nitrogen and oxygen atoms in total. The van der Waals surface area contributed by atoms with Gasteiger partial charge in [-0.25, -0.2) is 9.59 Å². The molecule has 5 rings (SSSR count). The van der Waals surface area contributed by atoms with Crippen LogP contribution in [0, 0.1) is 11.8 Å². The van der Waals surface area contributed by atoms with Crippen LogP contribution < -0.4 is 5.32 Å². The minimum Gasteiger partial charge on any atom is -0.479 e. The van der Waals surface area contributed by atoms with Gasteiger partial charge < -0.3 is 20.1 Å². The summed E-state index contributed by atoms with van der Waals surface area (Å²) in [5.74, 6) is -1.20. The van der Waals surface area contributed by atoms with E-state index in [0.29, 0.717) is 19.4 Å². The number of hydrogen-bond donors (Lipinski definition) is 2. The Balaban J connectivity index is 1.29. The molecule has 3 atom stereocenters. The van der Waals surface area contributed by atoms with Crippen LogP contribution in [0.5, 0.6) is 0 Å². The third-order valence-electron chi connectivity index (χ3n) is 7.77. The molecule has 3 aliphatic rings. The molecule has 7 heteroatoms. The van der Waals surface area contributed by atoms with E-state index in [1.54, 1.807) is 0 Å². The Morgan fingerprint density at radius 3 is 2.31 bits per heavy atom. The highest BCUT2D eigenvalue weighted by molar-refractivity contribution is 5.94. The number of fused-ring (bicyclic) bond motifs is 4. The lowest BCUT2D eigenvalue weighted by Crippen LogP contribution is -2.57. The first kappa shape index (κ1) is 23.4. The van der Waals surface area contributed by atoms with Gasteiger partial charge >= 0.3 is 12.1 Å². The Kier molecular flexibility index (Phi) is 6.03. The zero-order valence-electron chi connectivity index (χ0n) is 20.2. The fourth-order valence-electron chi connectivity index (χ4n) is 6.03. The zero-order valence-corrected chi connectivity index (χ0v) is 20.2. The van der Waals surface area contributed by atoms with Crippen molar-refractivity contribution in [3.05, 3.63) is 59.7 Å². The molecule has 1 aliphatic heterocycles. The lowest BCUT2D eigenvalue weighted by Gasteiger charge is -2.36. The van der Waals surface area contributed by atoms with E-state index in [4.69, 9.17) is 4.74 Å². The number of nitrogens with zero attached hydrogens (tertiary/aromatic N) is 1. The number of carboxylic acids is 1. The summed E-state index contributed by atoms with van der Waals surface area (Å²) in [4.78, 5) is 39.9. The zero-order chi connectivity index (χ0) is 24.7. The van der Waals surface area contributed by atoms with Crippen LogP contribution >= 0.6 is 0 Å². The number of rotatable bonds is 7. The van der Waals surface area contributed by atoms with Crippen LogP contribution in [0.1, 0.15) is 56.6 Å². The number of likely N-dealkylation sites (tertiary alicyclic amines) is 1. The van der Waals surface area contributed by atoms with Crippen LogP contribution in [-0.4, -0.2) is 52.7 Å². The average Bonchev–Trinajstić information content (AvgIpc) is 3.53. The fraction of sp³-hybridized carbons (Fsp3) is 0.464. The van der Waals surface area contributed by atoms with E-state index < -0.39 is 23.6 Å². The SMILES string of the molecule is CC(C)C[C@@H](NC(=O)OCC1c2ccccc2-c2ccccc21)C(=O)N1CCC[C@H]2C[C@]21C(=O)O. The van der Waals surface area contributed by atoms with Crippen LogP contribution in [0.25, 0.3) is 11.1 Å². The number of carbonyl (C=O) groups excluding carboxylic acids is 2. The molecule has 1 saturated carbocycles. The van der Waals surface area contributed by atoms with Gasteiger partial charge in [-0.1, -0.05) is 62.4 Å². The standard InChI is InChI=1S/C28H32N2O5/c1-17(2)14-24(25(31)30-13-7-8-18-15-28(18,30)26(32)33)29-27(34)35-16-23-21-11-5-3-9-19(21)20-10-4-6-12-22(20)23/h3-6,9-12,17-18,23-24H,7-8,13-16H2,1-2H3,(H,29,34)(H,32,33)/t18-,24+,28+/m0/s1. The first-order valence-electron chi connectivity index (χ1n) is 12.5. The van der Waals surface area contributed by atoms with Crippen LogP contribution in [0.4, 0.5) is 4.79 Å². The fourth-order valence-corrected chi connectivity index (χ4v) is 6.03. The second kappa shape index (κ2) is 9.02. The molecule has 2 aromatic rings. The second-order valence-electron chi connectivity index (χ2n) is 10.4. The van der Waals surface area contributed by atoms with E-state index in [1.165, 1.54) is 4.90 Å². The van der Waals surface area contributed by atoms with E-state index in [9.17, 15) is 19.5 Å². The van der Waals surface area contributed by atoms with Crippen molar-refractivity contribution in [3.63, 3.8) is 0 Å². The molecule has 0 bridgehead atoms. The smallest absolute Gasteiger partial charge is 0.407 e. The van der Waals surface area contributed by atoms with Gasteiger partial charge in [0.15, 0.2) is 0 Å². The van der Waals surface area contributed by atoms with E-state index >= 15 is 0 Å². The topological polar surface area (TPSA) is 95.9 Å². The molecule has 2 aromatic carbocycles. The van der Waals surface area contributed by atoms with Gasteiger partial charge in [0, 0.05) is 12.5 Å². The minimum atomic E-state index is -1.10. The van der Waals surface area contributed by atoms with Crippen molar-refractivity contribution in [2.24, 2.45) is 11.8 Å². The van der Waals surface area contributed by atoms with Gasteiger partial charge in [0.25, 0.3) is 0 Å². The normalized spacial score (nSPS) is 23.2. The summed E-state index contributed by atoms with van der Waals surface area (Å²) in [5, 5.41) is 12.6. The van der Waals surface area contributed by atoms with Crippen LogP contribution in [0.15, 0.2) is 48.5 Å². The number of carbonyl (C=O) groups is 3. The van der Waals surface area contributed by atoms with Crippen molar-refractivity contribution in [3.8, 4) is 11.1 Å². The van der Waals surface area contributed by atoms with Crippen molar-refractivity contribution in [2.75, 3.05) is 13.2 Å². The molecule has 1 saturated heterocycles. The van der Waals surface area contributed by atoms with Gasteiger partial charge in [-0.05, 0) is 59.8 Å². The molecule has 2 aliphatic carbocycles. The van der Waals surface area contributed by atoms with Gasteiger partial charge in [0.1, 0.15) is 18.2 Å². The summed E-state index contributed by atoms with van der Waals surface area (Å²) in [6.45, 7) is 4.52. The lowest BCUT2D eigenvalue weighted by atomic mass is 9.97. The number of carboxylic acid groups (broad SMARTS) is 1. The molecule has 0 unspecified atom stereocenters. The van der Waals surface area contributed by atoms with Crippen LogP contribution in [-0.2, 0) is 14.3 Å². The van der Waals surface area contributed by atoms with Gasteiger partial charge in [-0.3, -0.25) is 4.79 Å². The van der Waals surface area contributed by atoms with Crippen molar-refractivity contribution < 1.29 is 24.2 Å². The molecule has 0 spiro atoms. The van der Waals surface area contributed by atoms with E-state index in [-0.39, 0.29) is 30.3 Å². The van der Waals surface area contributed by atoms with E-state index in [2.05, 4.69) is 29.6 Å². The molecular formula is C28H32N2O5. The Morgan fingerprint density at radius 1 is 1.09 bits per heavy atom. The number of nitrogens with one attached hydrogen (secondary N) is 1. The minimum absolute atomic E-state index is 0.00635. The first-order chi connectivity index (χ1) is 16.8. The Hall–Kier alpha value is -3.35. The van der Waals surface area contributed by atoms with Crippen LogP contribution in [0.2, 0.25) is 0 Å². The summed E-state index contributed by atoms with van der Waals surface area (Å²) in [6.07, 6.45) is 1.86. The molecule has 184 valence electrons. The number of ether oxygens (including phenoxy) is 1. The average molecular weight is 477 g/mol. The molecule has 1 heterocycles. The number of amides is 2. The maximum Gasteiger partial charge on any atom is 0.407 e. The van der Waals surface area contributed by atoms with Gasteiger partial charge in [-0.2, -0.15) is 0 Å². The summed E-state index contributed by atoms with van der Waals surface area (Å²) < 4.78 is 5.66. The Morgan fingerprint density at radius 2 is 1.71 bits per heavy atom. The largest absolute Gasteiger partial charge is 0.479 e. The quantitative estimate of drug-likeness (QED) is 0.617. The highest BCUT2D eigenvalue weighted by Crippen LogP contribution is 2.54. The van der Waals surface area contributed by atoms with Crippen LogP contribution in [0.3, 0.4) is 0 Å². The summed E-state index contributed by atoms with van der Waals surface area (Å²) in [6, 6.07) is 15.4. The summed E-state index contributed by atoms with van der Waals surface area (Å²) >= 11 is 0. The maximum atomic E-state index is 13.5. The molecular weight excluding hydrogens is 444 g/mol. The monoisotopic (exact) mass is 476 g/mol. The Labute approximate surface area is 205 Å². The van der Waals surface area contributed by atoms with Crippen molar-refractivity contribution in [2.45, 2.75) is 57.0 Å². The van der Waals surface area contributed by atoms with E-state index in [0.717, 1.165) is 35.1 Å². The number of hydrogen-bond acceptors (Lipinski definition) is 4. The Bertz CT molecular complexity index is 1120. The predicted octanol–water partition coefficient (Wildman–Crippen LogP) is 4.41. The summed E-state index contributed by atoms with van der Waals surface area (Å²) in [7, 11) is 0.